The van der Waals surface area contributed by atoms with Crippen LogP contribution >= 0.6 is 15.9 Å². The predicted octanol–water partition coefficient (Wildman–Crippen LogP) is 4.69. The van der Waals surface area contributed by atoms with Gasteiger partial charge in [0.15, 0.2) is 0 Å². The van der Waals surface area contributed by atoms with E-state index >= 15 is 0 Å². The van der Waals surface area contributed by atoms with Gasteiger partial charge in [0.25, 0.3) is 0 Å². The van der Waals surface area contributed by atoms with Gasteiger partial charge in [-0.15, -0.1) is 0 Å². The normalized spacial score (nSPS) is 12.0. The molecule has 9 heteroatoms. The number of nitrogens with zero attached hydrogens (tertiary/aromatic N) is 2. The first kappa shape index (κ1) is 29.4. The van der Waals surface area contributed by atoms with Gasteiger partial charge in [0.05, 0.1) is 11.9 Å². The van der Waals surface area contributed by atoms with Crippen molar-refractivity contribution in [3.05, 3.63) is 100 Å². The Hall–Kier alpha value is -3.17. The van der Waals surface area contributed by atoms with Crippen LogP contribution in [0.4, 0.5) is 5.69 Å². The standard InChI is InChI=1S/C29H34BrN3O4S/c1-4-17-31-29(35)27(19-23-9-6-5-7-10-23)32(20-24-11-8-12-25(30)18-24)28(34)21-33(38(3,36)37)26-15-13-22(2)14-16-26/h5-16,18,27H,4,17,19-21H2,1-3H3,(H,31,35)/t27-/m1/s1. The van der Waals surface area contributed by atoms with E-state index in [0.717, 1.165) is 38.1 Å². The lowest BCUT2D eigenvalue weighted by atomic mass is 10.0. The maximum atomic E-state index is 14.0. The second-order valence-corrected chi connectivity index (χ2v) is 12.1. The van der Waals surface area contributed by atoms with Gasteiger partial charge in [-0.3, -0.25) is 13.9 Å². The van der Waals surface area contributed by atoms with E-state index in [1.165, 1.54) is 4.90 Å². The van der Waals surface area contributed by atoms with Crippen LogP contribution in [0, 0.1) is 6.92 Å². The number of carbonyl (C=O) groups is 2. The van der Waals surface area contributed by atoms with E-state index in [1.54, 1.807) is 24.3 Å². The van der Waals surface area contributed by atoms with Gasteiger partial charge in [0.2, 0.25) is 21.8 Å². The molecule has 0 spiro atoms. The van der Waals surface area contributed by atoms with Crippen LogP contribution in [0.1, 0.15) is 30.0 Å². The van der Waals surface area contributed by atoms with Gasteiger partial charge in [-0.05, 0) is 48.7 Å². The molecule has 0 radical (unpaired) electrons. The SMILES string of the molecule is CCCNC(=O)[C@@H](Cc1ccccc1)N(Cc1cccc(Br)c1)C(=O)CN(c1ccc(C)cc1)S(C)(=O)=O. The fourth-order valence-corrected chi connectivity index (χ4v) is 5.37. The lowest BCUT2D eigenvalue weighted by Gasteiger charge is -2.33. The summed E-state index contributed by atoms with van der Waals surface area (Å²) in [7, 11) is -3.78. The summed E-state index contributed by atoms with van der Waals surface area (Å²) in [5, 5.41) is 2.93. The molecule has 0 unspecified atom stereocenters. The lowest BCUT2D eigenvalue weighted by Crippen LogP contribution is -2.53. The Labute approximate surface area is 234 Å². The van der Waals surface area contributed by atoms with Gasteiger partial charge in [-0.1, -0.05) is 83.0 Å². The van der Waals surface area contributed by atoms with E-state index in [-0.39, 0.29) is 12.5 Å². The summed E-state index contributed by atoms with van der Waals surface area (Å²) in [6, 6.07) is 23.1. The van der Waals surface area contributed by atoms with Crippen molar-refractivity contribution in [2.45, 2.75) is 39.3 Å². The van der Waals surface area contributed by atoms with Crippen LogP contribution in [0.3, 0.4) is 0 Å². The van der Waals surface area contributed by atoms with E-state index in [1.807, 2.05) is 68.4 Å². The van der Waals surface area contributed by atoms with Crippen molar-refractivity contribution in [2.75, 3.05) is 23.7 Å². The maximum absolute atomic E-state index is 14.0. The number of carbonyl (C=O) groups excluding carboxylic acids is 2. The molecule has 1 atom stereocenters. The minimum Gasteiger partial charge on any atom is -0.354 e. The summed E-state index contributed by atoms with van der Waals surface area (Å²) >= 11 is 3.48. The molecule has 0 saturated heterocycles. The zero-order valence-corrected chi connectivity index (χ0v) is 24.3. The van der Waals surface area contributed by atoms with Crippen molar-refractivity contribution in [3.8, 4) is 0 Å². The molecule has 0 aromatic heterocycles. The fourth-order valence-electron chi connectivity index (χ4n) is 4.08. The van der Waals surface area contributed by atoms with Gasteiger partial charge >= 0.3 is 0 Å². The molecule has 202 valence electrons. The highest BCUT2D eigenvalue weighted by Gasteiger charge is 2.32. The molecule has 0 saturated carbocycles. The average Bonchev–Trinajstić information content (AvgIpc) is 2.88. The number of rotatable bonds is 12. The molecule has 0 aliphatic carbocycles. The van der Waals surface area contributed by atoms with E-state index in [4.69, 9.17) is 0 Å². The summed E-state index contributed by atoms with van der Waals surface area (Å²) in [5.41, 5.74) is 3.08. The van der Waals surface area contributed by atoms with Crippen molar-refractivity contribution in [1.29, 1.82) is 0 Å². The Morgan fingerprint density at radius 1 is 0.947 bits per heavy atom. The largest absolute Gasteiger partial charge is 0.354 e. The summed E-state index contributed by atoms with van der Waals surface area (Å²) in [5.74, 6) is -0.746. The second-order valence-electron chi connectivity index (χ2n) is 9.25. The summed E-state index contributed by atoms with van der Waals surface area (Å²) in [6.45, 7) is 4.05. The van der Waals surface area contributed by atoms with Crippen molar-refractivity contribution in [2.24, 2.45) is 0 Å². The Morgan fingerprint density at radius 3 is 2.21 bits per heavy atom. The quantitative estimate of drug-likeness (QED) is 0.327. The minimum absolute atomic E-state index is 0.140. The molecule has 3 rings (SSSR count). The molecular formula is C29H34BrN3O4S. The molecule has 0 heterocycles. The van der Waals surface area contributed by atoms with E-state index in [0.29, 0.717) is 18.7 Å². The van der Waals surface area contributed by atoms with Crippen LogP contribution in [0.15, 0.2) is 83.3 Å². The zero-order valence-electron chi connectivity index (χ0n) is 21.9. The van der Waals surface area contributed by atoms with Crippen molar-refractivity contribution < 1.29 is 18.0 Å². The van der Waals surface area contributed by atoms with Crippen LogP contribution in [0.25, 0.3) is 0 Å². The van der Waals surface area contributed by atoms with Gasteiger partial charge in [0.1, 0.15) is 12.6 Å². The minimum atomic E-state index is -3.78. The number of halogens is 1. The molecule has 1 N–H and O–H groups in total. The summed E-state index contributed by atoms with van der Waals surface area (Å²) < 4.78 is 27.5. The van der Waals surface area contributed by atoms with Crippen molar-refractivity contribution in [3.63, 3.8) is 0 Å². The number of benzene rings is 3. The first-order chi connectivity index (χ1) is 18.1. The molecule has 0 fully saturated rings. The highest BCUT2D eigenvalue weighted by Crippen LogP contribution is 2.21. The predicted molar refractivity (Wildman–Crippen MR) is 155 cm³/mol. The Balaban J connectivity index is 2.03. The molecule has 7 nitrogen and oxygen atoms in total. The second kappa shape index (κ2) is 13.6. The molecule has 2 amide bonds. The first-order valence-corrected chi connectivity index (χ1v) is 15.1. The Bertz CT molecular complexity index is 1330. The number of nitrogens with one attached hydrogen (secondary N) is 1. The van der Waals surface area contributed by atoms with Crippen LogP contribution in [-0.2, 0) is 32.6 Å². The third kappa shape index (κ3) is 8.43. The van der Waals surface area contributed by atoms with Crippen LogP contribution in [0.5, 0.6) is 0 Å². The number of hydrogen-bond acceptors (Lipinski definition) is 4. The number of amides is 2. The maximum Gasteiger partial charge on any atom is 0.244 e. The van der Waals surface area contributed by atoms with E-state index in [2.05, 4.69) is 21.2 Å². The summed E-state index contributed by atoms with van der Waals surface area (Å²) in [6.07, 6.45) is 2.12. The first-order valence-electron chi connectivity index (χ1n) is 12.5. The third-order valence-corrected chi connectivity index (χ3v) is 7.70. The zero-order chi connectivity index (χ0) is 27.7. The van der Waals surface area contributed by atoms with Crippen molar-refractivity contribution in [1.82, 2.24) is 10.2 Å². The van der Waals surface area contributed by atoms with Crippen LogP contribution < -0.4 is 9.62 Å². The molecule has 3 aromatic carbocycles. The van der Waals surface area contributed by atoms with Gasteiger partial charge in [0, 0.05) is 24.0 Å². The number of aryl methyl sites for hydroxylation is 1. The topological polar surface area (TPSA) is 86.8 Å². The molecule has 0 aliphatic heterocycles. The number of sulfonamides is 1. The summed E-state index contributed by atoms with van der Waals surface area (Å²) in [4.78, 5) is 28.9. The highest BCUT2D eigenvalue weighted by molar-refractivity contribution is 9.10. The molecule has 3 aromatic rings. The molecule has 0 bridgehead atoms. The smallest absolute Gasteiger partial charge is 0.244 e. The van der Waals surface area contributed by atoms with E-state index in [9.17, 15) is 18.0 Å². The van der Waals surface area contributed by atoms with Gasteiger partial charge in [-0.2, -0.15) is 0 Å². The Morgan fingerprint density at radius 2 is 1.61 bits per heavy atom. The monoisotopic (exact) mass is 599 g/mol. The van der Waals surface area contributed by atoms with Crippen molar-refractivity contribution >= 4 is 43.5 Å². The molecular weight excluding hydrogens is 566 g/mol. The van der Waals surface area contributed by atoms with Gasteiger partial charge < -0.3 is 10.2 Å². The molecule has 38 heavy (non-hydrogen) atoms. The van der Waals surface area contributed by atoms with Crippen LogP contribution in [0.2, 0.25) is 0 Å². The van der Waals surface area contributed by atoms with Crippen LogP contribution in [-0.4, -0.2) is 50.5 Å². The van der Waals surface area contributed by atoms with Gasteiger partial charge in [-0.25, -0.2) is 8.42 Å². The molecule has 0 aliphatic rings. The lowest BCUT2D eigenvalue weighted by molar-refractivity contribution is -0.140. The number of hydrogen-bond donors (Lipinski definition) is 1. The van der Waals surface area contributed by atoms with E-state index < -0.39 is 28.5 Å². The third-order valence-electron chi connectivity index (χ3n) is 6.06. The highest BCUT2D eigenvalue weighted by atomic mass is 79.9. The average molecular weight is 601 g/mol. The Kier molecular flexibility index (Phi) is 10.5. The fraction of sp³-hybridized carbons (Fsp3) is 0.310. The number of anilines is 1.